The summed E-state index contributed by atoms with van der Waals surface area (Å²) < 4.78 is 18.1. The zero-order valence-electron chi connectivity index (χ0n) is 11.7. The van der Waals surface area contributed by atoms with E-state index >= 15 is 0 Å². The van der Waals surface area contributed by atoms with Crippen molar-refractivity contribution >= 4 is 17.6 Å². The zero-order chi connectivity index (χ0) is 16.1. The molecule has 0 aliphatic carbocycles. The summed E-state index contributed by atoms with van der Waals surface area (Å²) in [6.07, 6.45) is 1.37. The lowest BCUT2D eigenvalue weighted by Gasteiger charge is -2.07. The molecule has 2 aromatic rings. The number of hydrogen-bond acceptors (Lipinski definition) is 4. The monoisotopic (exact) mass is 304 g/mol. The largest absolute Gasteiger partial charge is 0.452 e. The minimum Gasteiger partial charge on any atom is -0.452 e. The Hall–Kier alpha value is -2.96. The fraction of sp³-hybridized carbons (Fsp3) is 0.133. The Kier molecular flexibility index (Phi) is 4.67. The Morgan fingerprint density at radius 2 is 2.09 bits per heavy atom. The molecule has 1 heterocycles. The summed E-state index contributed by atoms with van der Waals surface area (Å²) in [6.45, 7) is 1.02. The first-order chi connectivity index (χ1) is 10.5. The molecule has 0 spiro atoms. The number of anilines is 1. The number of amides is 1. The van der Waals surface area contributed by atoms with Gasteiger partial charge in [-0.15, -0.1) is 0 Å². The highest BCUT2D eigenvalue weighted by atomic mass is 19.1. The zero-order valence-corrected chi connectivity index (χ0v) is 11.7. The van der Waals surface area contributed by atoms with Gasteiger partial charge in [-0.2, -0.15) is 0 Å². The molecular formula is C15H13FN2O4. The van der Waals surface area contributed by atoms with E-state index in [9.17, 15) is 18.8 Å². The van der Waals surface area contributed by atoms with E-state index in [-0.39, 0.29) is 11.3 Å². The second-order valence-corrected chi connectivity index (χ2v) is 4.50. The number of nitrogens with one attached hydrogen (secondary N) is 2. The highest BCUT2D eigenvalue weighted by molar-refractivity contribution is 5.95. The highest BCUT2D eigenvalue weighted by Gasteiger charge is 2.13. The number of aromatic amines is 1. The van der Waals surface area contributed by atoms with E-state index in [2.05, 4.69) is 10.3 Å². The molecule has 1 aromatic heterocycles. The van der Waals surface area contributed by atoms with Crippen LogP contribution < -0.4 is 10.9 Å². The lowest BCUT2D eigenvalue weighted by atomic mass is 10.2. The average molecular weight is 304 g/mol. The SMILES string of the molecule is Cc1ccc(NC(=O)COC(=O)c2ccc[nH]c2=O)cc1F. The minimum atomic E-state index is -0.910. The summed E-state index contributed by atoms with van der Waals surface area (Å²) in [5.74, 6) is -2.00. The van der Waals surface area contributed by atoms with Crippen molar-refractivity contribution in [3.8, 4) is 0 Å². The number of rotatable bonds is 4. The van der Waals surface area contributed by atoms with Crippen LogP contribution in [0.1, 0.15) is 15.9 Å². The molecule has 0 saturated carbocycles. The molecule has 22 heavy (non-hydrogen) atoms. The number of aromatic nitrogens is 1. The fourth-order valence-electron chi connectivity index (χ4n) is 1.66. The third kappa shape index (κ3) is 3.78. The standard InChI is InChI=1S/C15H13FN2O4/c1-9-4-5-10(7-12(9)16)18-13(19)8-22-15(21)11-3-2-6-17-14(11)20/h2-7H,8H2,1H3,(H,17,20)(H,18,19). The molecule has 0 bridgehead atoms. The van der Waals surface area contributed by atoms with Gasteiger partial charge < -0.3 is 15.0 Å². The molecule has 0 atom stereocenters. The Labute approximate surface area is 124 Å². The number of esters is 1. The number of benzene rings is 1. The third-order valence-electron chi connectivity index (χ3n) is 2.83. The van der Waals surface area contributed by atoms with Crippen molar-refractivity contribution in [3.63, 3.8) is 0 Å². The van der Waals surface area contributed by atoms with Gasteiger partial charge in [-0.3, -0.25) is 9.59 Å². The smallest absolute Gasteiger partial charge is 0.344 e. The van der Waals surface area contributed by atoms with Crippen LogP contribution in [0.15, 0.2) is 41.3 Å². The number of hydrogen-bond donors (Lipinski definition) is 2. The molecule has 0 radical (unpaired) electrons. The number of pyridine rings is 1. The van der Waals surface area contributed by atoms with Gasteiger partial charge in [0.25, 0.3) is 11.5 Å². The van der Waals surface area contributed by atoms with Crippen molar-refractivity contribution in [1.29, 1.82) is 0 Å². The van der Waals surface area contributed by atoms with Crippen molar-refractivity contribution < 1.29 is 18.7 Å². The van der Waals surface area contributed by atoms with Crippen molar-refractivity contribution in [2.75, 3.05) is 11.9 Å². The van der Waals surface area contributed by atoms with Gasteiger partial charge in [0, 0.05) is 11.9 Å². The van der Waals surface area contributed by atoms with Crippen LogP contribution in [0.3, 0.4) is 0 Å². The van der Waals surface area contributed by atoms with Crippen LogP contribution in [0.4, 0.5) is 10.1 Å². The molecule has 0 unspecified atom stereocenters. The van der Waals surface area contributed by atoms with Crippen molar-refractivity contribution in [3.05, 3.63) is 63.8 Å². The van der Waals surface area contributed by atoms with Crippen LogP contribution in [0.25, 0.3) is 0 Å². The highest BCUT2D eigenvalue weighted by Crippen LogP contribution is 2.13. The maximum Gasteiger partial charge on any atom is 0.344 e. The fourth-order valence-corrected chi connectivity index (χ4v) is 1.66. The first kappa shape index (κ1) is 15.4. The molecule has 2 N–H and O–H groups in total. The van der Waals surface area contributed by atoms with E-state index in [0.717, 1.165) is 6.07 Å². The lowest BCUT2D eigenvalue weighted by molar-refractivity contribution is -0.119. The predicted octanol–water partition coefficient (Wildman–Crippen LogP) is 1.62. The molecule has 7 heteroatoms. The quantitative estimate of drug-likeness (QED) is 0.840. The van der Waals surface area contributed by atoms with Gasteiger partial charge in [0.05, 0.1) is 0 Å². The van der Waals surface area contributed by atoms with E-state index in [1.807, 2.05) is 0 Å². The summed E-state index contributed by atoms with van der Waals surface area (Å²) >= 11 is 0. The summed E-state index contributed by atoms with van der Waals surface area (Å²) in [6, 6.07) is 6.96. The maximum absolute atomic E-state index is 13.3. The van der Waals surface area contributed by atoms with Crippen LogP contribution >= 0.6 is 0 Å². The Morgan fingerprint density at radius 3 is 2.77 bits per heavy atom. The number of carbonyl (C=O) groups excluding carboxylic acids is 2. The predicted molar refractivity (Wildman–Crippen MR) is 77.1 cm³/mol. The van der Waals surface area contributed by atoms with Crippen LogP contribution in [-0.2, 0) is 9.53 Å². The van der Waals surface area contributed by atoms with Crippen molar-refractivity contribution in [2.24, 2.45) is 0 Å². The first-order valence-electron chi connectivity index (χ1n) is 6.38. The number of halogens is 1. The topological polar surface area (TPSA) is 88.3 Å². The number of aryl methyl sites for hydroxylation is 1. The van der Waals surface area contributed by atoms with Gasteiger partial charge in [-0.25, -0.2) is 9.18 Å². The third-order valence-corrected chi connectivity index (χ3v) is 2.83. The summed E-state index contributed by atoms with van der Waals surface area (Å²) in [5.41, 5.74) is -0.0976. The van der Waals surface area contributed by atoms with Gasteiger partial charge in [0.1, 0.15) is 11.4 Å². The molecule has 0 fully saturated rings. The number of ether oxygens (including phenoxy) is 1. The second kappa shape index (κ2) is 6.66. The van der Waals surface area contributed by atoms with E-state index in [0.29, 0.717) is 5.56 Å². The molecule has 1 amide bonds. The molecular weight excluding hydrogens is 291 g/mol. The summed E-state index contributed by atoms with van der Waals surface area (Å²) in [5, 5.41) is 2.39. The van der Waals surface area contributed by atoms with Gasteiger partial charge in [-0.05, 0) is 36.8 Å². The second-order valence-electron chi connectivity index (χ2n) is 4.50. The van der Waals surface area contributed by atoms with Gasteiger partial charge >= 0.3 is 5.97 Å². The first-order valence-corrected chi connectivity index (χ1v) is 6.38. The Morgan fingerprint density at radius 1 is 1.32 bits per heavy atom. The van der Waals surface area contributed by atoms with E-state index in [4.69, 9.17) is 4.74 Å². The molecule has 0 aliphatic heterocycles. The molecule has 6 nitrogen and oxygen atoms in total. The van der Waals surface area contributed by atoms with Crippen LogP contribution in [0.5, 0.6) is 0 Å². The number of H-pyrrole nitrogens is 1. The minimum absolute atomic E-state index is 0.198. The van der Waals surface area contributed by atoms with E-state index in [1.54, 1.807) is 6.92 Å². The van der Waals surface area contributed by atoms with Crippen LogP contribution in [0.2, 0.25) is 0 Å². The van der Waals surface area contributed by atoms with E-state index in [1.165, 1.54) is 30.5 Å². The van der Waals surface area contributed by atoms with Gasteiger partial charge in [0.15, 0.2) is 6.61 Å². The number of carbonyl (C=O) groups is 2. The van der Waals surface area contributed by atoms with Crippen LogP contribution in [0, 0.1) is 12.7 Å². The van der Waals surface area contributed by atoms with Gasteiger partial charge in [-0.1, -0.05) is 6.07 Å². The lowest BCUT2D eigenvalue weighted by Crippen LogP contribution is -2.24. The Balaban J connectivity index is 1.93. The summed E-state index contributed by atoms with van der Waals surface area (Å²) in [4.78, 5) is 37.0. The van der Waals surface area contributed by atoms with Crippen LogP contribution in [-0.4, -0.2) is 23.5 Å². The molecule has 114 valence electrons. The maximum atomic E-state index is 13.3. The Bertz CT molecular complexity index is 770. The van der Waals surface area contributed by atoms with Gasteiger partial charge in [0.2, 0.25) is 0 Å². The van der Waals surface area contributed by atoms with Crippen molar-refractivity contribution in [2.45, 2.75) is 6.92 Å². The molecule has 0 aliphatic rings. The summed E-state index contributed by atoms with van der Waals surface area (Å²) in [7, 11) is 0. The molecule has 2 rings (SSSR count). The molecule has 1 aromatic carbocycles. The normalized spacial score (nSPS) is 10.1. The molecule has 0 saturated heterocycles. The van der Waals surface area contributed by atoms with Crippen molar-refractivity contribution in [1.82, 2.24) is 4.98 Å². The average Bonchev–Trinajstić information content (AvgIpc) is 2.49. The van der Waals surface area contributed by atoms with E-state index < -0.39 is 29.9 Å².